The van der Waals surface area contributed by atoms with Crippen LogP contribution in [0.2, 0.25) is 0 Å². The number of ether oxygens (including phenoxy) is 2. The second kappa shape index (κ2) is 8.95. The predicted octanol–water partition coefficient (Wildman–Crippen LogP) is 4.20. The van der Waals surface area contributed by atoms with Crippen LogP contribution in [-0.2, 0) is 4.74 Å². The first kappa shape index (κ1) is 20.8. The van der Waals surface area contributed by atoms with Crippen LogP contribution in [0.25, 0.3) is 6.08 Å². The normalized spacial score (nSPS) is 11.2. The predicted molar refractivity (Wildman–Crippen MR) is 97.2 cm³/mol. The Balaban J connectivity index is 2.46. The van der Waals surface area contributed by atoms with Gasteiger partial charge in [0.1, 0.15) is 17.4 Å². The number of carbonyl (C=O) groups excluding carboxylic acids is 2. The monoisotopic (exact) mass is 388 g/mol. The molecule has 0 atom stereocenters. The van der Waals surface area contributed by atoms with E-state index >= 15 is 0 Å². The maximum atomic E-state index is 12.8. The van der Waals surface area contributed by atoms with Crippen molar-refractivity contribution < 1.29 is 27.8 Å². The van der Waals surface area contributed by atoms with E-state index in [1.54, 1.807) is 32.9 Å². The van der Waals surface area contributed by atoms with Crippen molar-refractivity contribution in [2.45, 2.75) is 27.4 Å². The summed E-state index contributed by atoms with van der Waals surface area (Å²) in [6.07, 6.45) is 1.17. The molecule has 0 aliphatic carbocycles. The van der Waals surface area contributed by atoms with Gasteiger partial charge in [-0.2, -0.15) is 14.0 Å². The van der Waals surface area contributed by atoms with Crippen LogP contribution < -0.4 is 4.74 Å². The molecule has 2 aromatic rings. The van der Waals surface area contributed by atoms with Crippen molar-refractivity contribution in [2.24, 2.45) is 0 Å². The third-order valence-corrected chi connectivity index (χ3v) is 3.94. The topological polar surface area (TPSA) is 92.2 Å². The summed E-state index contributed by atoms with van der Waals surface area (Å²) < 4.78 is 34.5. The highest BCUT2D eigenvalue weighted by molar-refractivity contribution is 6.15. The summed E-state index contributed by atoms with van der Waals surface area (Å²) in [5, 5.41) is 9.42. The molecule has 0 saturated carbocycles. The number of hydrogen-bond acceptors (Lipinski definition) is 5. The van der Waals surface area contributed by atoms with Crippen molar-refractivity contribution in [1.82, 2.24) is 4.98 Å². The van der Waals surface area contributed by atoms with Crippen LogP contribution in [0.3, 0.4) is 0 Å². The number of benzene rings is 1. The highest BCUT2D eigenvalue weighted by atomic mass is 19.3. The molecule has 0 fully saturated rings. The van der Waals surface area contributed by atoms with Crippen molar-refractivity contribution >= 4 is 17.8 Å². The zero-order valence-electron chi connectivity index (χ0n) is 15.5. The fourth-order valence-corrected chi connectivity index (χ4v) is 2.73. The maximum Gasteiger partial charge on any atom is 0.387 e. The Morgan fingerprint density at radius 3 is 2.57 bits per heavy atom. The number of aromatic nitrogens is 1. The van der Waals surface area contributed by atoms with Gasteiger partial charge in [-0.25, -0.2) is 4.79 Å². The second-order valence-corrected chi connectivity index (χ2v) is 5.76. The number of hydrogen-bond donors (Lipinski definition) is 1. The standard InChI is InChI=1S/C20H18F2N2O4/c1-4-27-19(26)16-11(2)17(24-12(16)3)18(25)14(10-23)9-13-7-5-6-8-15(13)28-20(21)22/h5-9,20,24H,4H2,1-3H3/b14-9+. The first-order valence-corrected chi connectivity index (χ1v) is 8.36. The van der Waals surface area contributed by atoms with E-state index in [0.717, 1.165) is 0 Å². The molecule has 1 aromatic carbocycles. The van der Waals surface area contributed by atoms with Gasteiger partial charge in [0, 0.05) is 11.3 Å². The Morgan fingerprint density at radius 1 is 1.29 bits per heavy atom. The summed E-state index contributed by atoms with van der Waals surface area (Å²) >= 11 is 0. The Bertz CT molecular complexity index is 971. The molecule has 28 heavy (non-hydrogen) atoms. The zero-order valence-corrected chi connectivity index (χ0v) is 15.5. The summed E-state index contributed by atoms with van der Waals surface area (Å²) in [5.41, 5.74) is 0.908. The molecule has 146 valence electrons. The van der Waals surface area contributed by atoms with Crippen LogP contribution in [0, 0.1) is 25.2 Å². The number of aromatic amines is 1. The fourth-order valence-electron chi connectivity index (χ4n) is 2.73. The number of nitrogens with one attached hydrogen (secondary N) is 1. The van der Waals surface area contributed by atoms with Gasteiger partial charge < -0.3 is 14.5 Å². The molecular weight excluding hydrogens is 370 g/mol. The molecule has 0 saturated heterocycles. The minimum absolute atomic E-state index is 0.0561. The van der Waals surface area contributed by atoms with Gasteiger partial charge in [-0.3, -0.25) is 4.79 Å². The van der Waals surface area contributed by atoms with Gasteiger partial charge in [-0.1, -0.05) is 18.2 Å². The van der Waals surface area contributed by atoms with Crippen LogP contribution in [0.15, 0.2) is 29.8 Å². The molecular formula is C20H18F2N2O4. The Labute approximate surface area is 160 Å². The SMILES string of the molecule is CCOC(=O)c1c(C)[nH]c(C(=O)/C(C#N)=C/c2ccccc2OC(F)F)c1C. The molecule has 0 spiro atoms. The molecule has 8 heteroatoms. The van der Waals surface area contributed by atoms with Gasteiger partial charge in [-0.05, 0) is 38.5 Å². The summed E-state index contributed by atoms with van der Waals surface area (Å²) in [7, 11) is 0. The Hall–Kier alpha value is -3.47. The molecule has 2 rings (SSSR count). The van der Waals surface area contributed by atoms with Gasteiger partial charge in [0.15, 0.2) is 0 Å². The lowest BCUT2D eigenvalue weighted by molar-refractivity contribution is -0.0499. The number of ketones is 1. The largest absolute Gasteiger partial charge is 0.462 e. The molecule has 6 nitrogen and oxygen atoms in total. The van der Waals surface area contributed by atoms with Gasteiger partial charge in [-0.15, -0.1) is 0 Å². The summed E-state index contributed by atoms with van der Waals surface area (Å²) in [6, 6.07) is 7.58. The highest BCUT2D eigenvalue weighted by Gasteiger charge is 2.25. The van der Waals surface area contributed by atoms with E-state index in [-0.39, 0.29) is 34.8 Å². The number of halogens is 2. The Kier molecular flexibility index (Phi) is 6.66. The van der Waals surface area contributed by atoms with Crippen LogP contribution in [0.1, 0.15) is 44.6 Å². The van der Waals surface area contributed by atoms with Crippen molar-refractivity contribution in [3.05, 3.63) is 57.9 Å². The van der Waals surface area contributed by atoms with Crippen LogP contribution >= 0.6 is 0 Å². The molecule has 0 amide bonds. The van der Waals surface area contributed by atoms with Crippen molar-refractivity contribution in [3.63, 3.8) is 0 Å². The molecule has 0 bridgehead atoms. The first-order valence-electron chi connectivity index (χ1n) is 8.36. The number of H-pyrrole nitrogens is 1. The number of nitrogens with zero attached hydrogens (tertiary/aromatic N) is 1. The van der Waals surface area contributed by atoms with E-state index in [1.807, 2.05) is 0 Å². The number of aryl methyl sites for hydroxylation is 1. The number of rotatable bonds is 7. The molecule has 1 N–H and O–H groups in total. The fraction of sp³-hybridized carbons (Fsp3) is 0.250. The number of allylic oxidation sites excluding steroid dienone is 1. The molecule has 1 aromatic heterocycles. The lowest BCUT2D eigenvalue weighted by Gasteiger charge is -2.08. The van der Waals surface area contributed by atoms with E-state index in [9.17, 15) is 23.6 Å². The van der Waals surface area contributed by atoms with Gasteiger partial charge in [0.05, 0.1) is 17.9 Å². The lowest BCUT2D eigenvalue weighted by Crippen LogP contribution is -2.08. The second-order valence-electron chi connectivity index (χ2n) is 5.76. The number of alkyl halides is 2. The third kappa shape index (κ3) is 4.43. The van der Waals surface area contributed by atoms with Crippen LogP contribution in [-0.4, -0.2) is 30.0 Å². The smallest absolute Gasteiger partial charge is 0.387 e. The summed E-state index contributed by atoms with van der Waals surface area (Å²) in [5.74, 6) is -1.42. The maximum absolute atomic E-state index is 12.8. The zero-order chi connectivity index (χ0) is 20.8. The van der Waals surface area contributed by atoms with Crippen LogP contribution in [0.4, 0.5) is 8.78 Å². The average molecular weight is 388 g/mol. The van der Waals surface area contributed by atoms with Gasteiger partial charge >= 0.3 is 12.6 Å². The number of carbonyl (C=O) groups is 2. The van der Waals surface area contributed by atoms with E-state index in [2.05, 4.69) is 9.72 Å². The van der Waals surface area contributed by atoms with Crippen molar-refractivity contribution in [3.8, 4) is 11.8 Å². The van der Waals surface area contributed by atoms with Gasteiger partial charge in [0.2, 0.25) is 5.78 Å². The number of esters is 1. The molecule has 0 radical (unpaired) electrons. The third-order valence-electron chi connectivity index (χ3n) is 3.94. The van der Waals surface area contributed by atoms with E-state index in [0.29, 0.717) is 11.3 Å². The summed E-state index contributed by atoms with van der Waals surface area (Å²) in [4.78, 5) is 27.7. The van der Waals surface area contributed by atoms with Crippen molar-refractivity contribution in [2.75, 3.05) is 6.61 Å². The summed E-state index contributed by atoms with van der Waals surface area (Å²) in [6.45, 7) is 1.97. The molecule has 0 aliphatic rings. The number of Topliss-reactive ketones (excluding diaryl/α,β-unsaturated/α-hetero) is 1. The van der Waals surface area contributed by atoms with Crippen molar-refractivity contribution in [1.29, 1.82) is 5.26 Å². The average Bonchev–Trinajstić information content (AvgIpc) is 2.94. The van der Waals surface area contributed by atoms with E-state index in [1.165, 1.54) is 24.3 Å². The Morgan fingerprint density at radius 2 is 1.96 bits per heavy atom. The molecule has 0 aliphatic heterocycles. The van der Waals surface area contributed by atoms with Crippen LogP contribution in [0.5, 0.6) is 5.75 Å². The minimum Gasteiger partial charge on any atom is -0.462 e. The molecule has 1 heterocycles. The van der Waals surface area contributed by atoms with Gasteiger partial charge in [0.25, 0.3) is 0 Å². The van der Waals surface area contributed by atoms with E-state index in [4.69, 9.17) is 4.74 Å². The quantitative estimate of drug-likeness (QED) is 0.332. The molecule has 0 unspecified atom stereocenters. The van der Waals surface area contributed by atoms with E-state index < -0.39 is 18.4 Å². The number of para-hydroxylation sites is 1. The number of nitriles is 1. The highest BCUT2D eigenvalue weighted by Crippen LogP contribution is 2.26. The lowest BCUT2D eigenvalue weighted by atomic mass is 10.0. The first-order chi connectivity index (χ1) is 13.3. The minimum atomic E-state index is -3.05.